The first-order valence-electron chi connectivity index (χ1n) is 7.93. The molecule has 2 saturated carbocycles. The van der Waals surface area contributed by atoms with Gasteiger partial charge in [0, 0.05) is 19.0 Å². The molecule has 19 heavy (non-hydrogen) atoms. The summed E-state index contributed by atoms with van der Waals surface area (Å²) in [5.41, 5.74) is 6.05. The fourth-order valence-corrected chi connectivity index (χ4v) is 4.34. The second-order valence-electron chi connectivity index (χ2n) is 6.99. The van der Waals surface area contributed by atoms with Crippen LogP contribution in [-0.2, 0) is 0 Å². The highest BCUT2D eigenvalue weighted by Crippen LogP contribution is 2.50. The van der Waals surface area contributed by atoms with E-state index in [0.29, 0.717) is 11.3 Å². The number of hydrogen-bond acceptors (Lipinski definition) is 3. The largest absolute Gasteiger partial charge is 0.409 e. The number of likely N-dealkylation sites (tertiary alicyclic amines) is 1. The Morgan fingerprint density at radius 1 is 1.21 bits per heavy atom. The van der Waals surface area contributed by atoms with E-state index in [1.54, 1.807) is 0 Å². The van der Waals surface area contributed by atoms with Gasteiger partial charge in [-0.25, -0.2) is 0 Å². The third kappa shape index (κ3) is 2.88. The molecule has 0 spiro atoms. The van der Waals surface area contributed by atoms with Crippen LogP contribution in [0, 0.1) is 11.3 Å². The molecule has 2 aliphatic carbocycles. The van der Waals surface area contributed by atoms with Crippen LogP contribution in [0.4, 0.5) is 0 Å². The molecule has 0 aromatic carbocycles. The molecule has 3 N–H and O–H groups in total. The molecule has 108 valence electrons. The number of amidine groups is 1. The predicted octanol–water partition coefficient (Wildman–Crippen LogP) is 2.56. The van der Waals surface area contributed by atoms with Gasteiger partial charge in [0.05, 0.1) is 0 Å². The van der Waals surface area contributed by atoms with Crippen molar-refractivity contribution in [2.45, 2.75) is 63.8 Å². The third-order valence-corrected chi connectivity index (χ3v) is 5.54. The smallest absolute Gasteiger partial charge is 0.139 e. The molecule has 0 bridgehead atoms. The molecule has 0 aromatic heterocycles. The summed E-state index contributed by atoms with van der Waals surface area (Å²) in [7, 11) is 0. The zero-order valence-corrected chi connectivity index (χ0v) is 11.9. The first-order valence-corrected chi connectivity index (χ1v) is 7.93. The van der Waals surface area contributed by atoms with Crippen molar-refractivity contribution in [3.05, 3.63) is 0 Å². The van der Waals surface area contributed by atoms with Gasteiger partial charge in [-0.3, -0.25) is 4.90 Å². The number of hydrogen-bond donors (Lipinski definition) is 2. The summed E-state index contributed by atoms with van der Waals surface area (Å²) in [6.45, 7) is 2.43. The molecule has 0 aromatic rings. The number of rotatable bonds is 4. The molecule has 3 rings (SSSR count). The fraction of sp³-hybridized carbons (Fsp3) is 0.933. The zero-order chi connectivity index (χ0) is 13.3. The van der Waals surface area contributed by atoms with E-state index in [2.05, 4.69) is 10.1 Å². The maximum absolute atomic E-state index is 8.77. The van der Waals surface area contributed by atoms with Gasteiger partial charge >= 0.3 is 0 Å². The lowest BCUT2D eigenvalue weighted by atomic mass is 9.78. The Kier molecular flexibility index (Phi) is 3.70. The monoisotopic (exact) mass is 265 g/mol. The summed E-state index contributed by atoms with van der Waals surface area (Å²) in [5, 5.41) is 11.9. The first-order chi connectivity index (χ1) is 9.22. The average molecular weight is 265 g/mol. The Bertz CT molecular complexity index is 349. The number of nitrogens with zero attached hydrogens (tertiary/aromatic N) is 2. The summed E-state index contributed by atoms with van der Waals surface area (Å²) in [4.78, 5) is 2.74. The highest BCUT2D eigenvalue weighted by molar-refractivity contribution is 5.80. The summed E-state index contributed by atoms with van der Waals surface area (Å²) >= 11 is 0. The van der Waals surface area contributed by atoms with Crippen molar-refractivity contribution in [2.75, 3.05) is 13.1 Å². The minimum Gasteiger partial charge on any atom is -0.409 e. The van der Waals surface area contributed by atoms with Crippen molar-refractivity contribution in [1.82, 2.24) is 4.90 Å². The molecule has 0 unspecified atom stereocenters. The maximum Gasteiger partial charge on any atom is 0.139 e. The average Bonchev–Trinajstić information content (AvgIpc) is 3.18. The van der Waals surface area contributed by atoms with Gasteiger partial charge in [-0.15, -0.1) is 0 Å². The number of fused-ring (bicyclic) bond motifs is 1. The third-order valence-electron chi connectivity index (χ3n) is 5.54. The Morgan fingerprint density at radius 3 is 2.68 bits per heavy atom. The molecule has 3 fully saturated rings. The van der Waals surface area contributed by atoms with Crippen LogP contribution in [0.25, 0.3) is 0 Å². The van der Waals surface area contributed by atoms with Crippen molar-refractivity contribution in [3.8, 4) is 0 Å². The highest BCUT2D eigenvalue weighted by atomic mass is 16.4. The Balaban J connectivity index is 1.62. The molecule has 0 radical (unpaired) electrons. The minimum absolute atomic E-state index is 0.329. The van der Waals surface area contributed by atoms with Crippen molar-refractivity contribution in [2.24, 2.45) is 22.2 Å². The lowest BCUT2D eigenvalue weighted by molar-refractivity contribution is 0.0449. The second kappa shape index (κ2) is 5.31. The SMILES string of the molecule is NC(CC1(CN2CCC[C@H]3CCCC[C@H]32)CC1)=NO. The predicted molar refractivity (Wildman–Crippen MR) is 76.2 cm³/mol. The van der Waals surface area contributed by atoms with Crippen LogP contribution in [0.5, 0.6) is 0 Å². The summed E-state index contributed by atoms with van der Waals surface area (Å²) in [6.07, 6.45) is 11.7. The second-order valence-corrected chi connectivity index (χ2v) is 6.99. The number of piperidine rings is 1. The molecular weight excluding hydrogens is 238 g/mol. The number of nitrogens with two attached hydrogens (primary N) is 1. The van der Waals surface area contributed by atoms with Crippen molar-refractivity contribution in [1.29, 1.82) is 0 Å². The van der Waals surface area contributed by atoms with E-state index in [0.717, 1.165) is 18.4 Å². The zero-order valence-electron chi connectivity index (χ0n) is 11.9. The van der Waals surface area contributed by atoms with E-state index >= 15 is 0 Å². The van der Waals surface area contributed by atoms with Gasteiger partial charge in [0.1, 0.15) is 5.84 Å². The molecule has 1 heterocycles. The van der Waals surface area contributed by atoms with Crippen molar-refractivity contribution >= 4 is 5.84 Å². The maximum atomic E-state index is 8.77. The highest BCUT2D eigenvalue weighted by Gasteiger charge is 2.46. The van der Waals surface area contributed by atoms with E-state index in [1.807, 2.05) is 0 Å². The summed E-state index contributed by atoms with van der Waals surface area (Å²) in [6, 6.07) is 0.826. The lowest BCUT2D eigenvalue weighted by Gasteiger charge is -2.45. The van der Waals surface area contributed by atoms with Crippen LogP contribution in [0.1, 0.15) is 57.8 Å². The van der Waals surface area contributed by atoms with E-state index in [-0.39, 0.29) is 0 Å². The van der Waals surface area contributed by atoms with E-state index < -0.39 is 0 Å². The van der Waals surface area contributed by atoms with Crippen LogP contribution in [0.15, 0.2) is 5.16 Å². The van der Waals surface area contributed by atoms with Gasteiger partial charge < -0.3 is 10.9 Å². The molecule has 3 aliphatic rings. The van der Waals surface area contributed by atoms with Crippen LogP contribution >= 0.6 is 0 Å². The van der Waals surface area contributed by atoms with Gasteiger partial charge in [0.2, 0.25) is 0 Å². The topological polar surface area (TPSA) is 61.8 Å². The van der Waals surface area contributed by atoms with E-state index in [1.165, 1.54) is 64.5 Å². The number of oxime groups is 1. The van der Waals surface area contributed by atoms with Gasteiger partial charge in [-0.1, -0.05) is 18.0 Å². The Labute approximate surface area is 116 Å². The van der Waals surface area contributed by atoms with Gasteiger partial charge in [0.15, 0.2) is 0 Å². The minimum atomic E-state index is 0.329. The Morgan fingerprint density at radius 2 is 1.95 bits per heavy atom. The molecule has 4 nitrogen and oxygen atoms in total. The van der Waals surface area contributed by atoms with Crippen LogP contribution in [0.2, 0.25) is 0 Å². The lowest BCUT2D eigenvalue weighted by Crippen LogP contribution is -2.49. The molecule has 1 saturated heterocycles. The first kappa shape index (κ1) is 13.2. The van der Waals surface area contributed by atoms with Gasteiger partial charge in [0.25, 0.3) is 0 Å². The van der Waals surface area contributed by atoms with Gasteiger partial charge in [-0.05, 0) is 56.4 Å². The van der Waals surface area contributed by atoms with Crippen molar-refractivity contribution in [3.63, 3.8) is 0 Å². The normalized spacial score (nSPS) is 34.8. The standard InChI is InChI=1S/C15H27N3O/c16-14(17-19)10-15(7-8-15)11-18-9-3-5-12-4-1-2-6-13(12)18/h12-13,19H,1-11H2,(H2,16,17)/t12-,13-/m1/s1. The van der Waals surface area contributed by atoms with E-state index in [4.69, 9.17) is 10.9 Å². The van der Waals surface area contributed by atoms with Crippen molar-refractivity contribution < 1.29 is 5.21 Å². The summed E-state index contributed by atoms with van der Waals surface area (Å²) in [5.74, 6) is 1.36. The van der Waals surface area contributed by atoms with Crippen LogP contribution in [-0.4, -0.2) is 35.1 Å². The van der Waals surface area contributed by atoms with Gasteiger partial charge in [-0.2, -0.15) is 0 Å². The fourth-order valence-electron chi connectivity index (χ4n) is 4.34. The quantitative estimate of drug-likeness (QED) is 0.355. The summed E-state index contributed by atoms with van der Waals surface area (Å²) < 4.78 is 0. The van der Waals surface area contributed by atoms with Crippen LogP contribution in [0.3, 0.4) is 0 Å². The van der Waals surface area contributed by atoms with E-state index in [9.17, 15) is 0 Å². The Hall–Kier alpha value is -0.770. The molecule has 4 heteroatoms. The molecule has 0 amide bonds. The van der Waals surface area contributed by atoms with Crippen LogP contribution < -0.4 is 5.73 Å². The molecule has 1 aliphatic heterocycles. The molecule has 2 atom stereocenters. The molecular formula is C15H27N3O.